The molecule has 0 aliphatic carbocycles. The van der Waals surface area contributed by atoms with Gasteiger partial charge in [0.1, 0.15) is 5.01 Å². The number of aryl methyl sites for hydroxylation is 1. The zero-order valence-corrected chi connectivity index (χ0v) is 12.2. The highest BCUT2D eigenvalue weighted by atomic mass is 32.1. The van der Waals surface area contributed by atoms with Gasteiger partial charge in [0, 0.05) is 11.1 Å². The molecule has 1 aromatic carbocycles. The SMILES string of the molecule is COc1ccccc1OCC(=O)NCc1ncc(C)s1. The number of rotatable bonds is 6. The zero-order chi connectivity index (χ0) is 14.4. The minimum absolute atomic E-state index is 0.0509. The quantitative estimate of drug-likeness (QED) is 0.886. The average Bonchev–Trinajstić information content (AvgIpc) is 2.89. The molecule has 0 radical (unpaired) electrons. The van der Waals surface area contributed by atoms with Gasteiger partial charge in [-0.25, -0.2) is 4.98 Å². The molecule has 0 saturated carbocycles. The summed E-state index contributed by atoms with van der Waals surface area (Å²) in [6.07, 6.45) is 1.79. The van der Waals surface area contributed by atoms with Crippen LogP contribution in [-0.2, 0) is 11.3 Å². The number of methoxy groups -OCH3 is 1. The van der Waals surface area contributed by atoms with Crippen LogP contribution in [0.3, 0.4) is 0 Å². The average molecular weight is 292 g/mol. The van der Waals surface area contributed by atoms with Gasteiger partial charge in [-0.05, 0) is 19.1 Å². The predicted octanol–water partition coefficient (Wildman–Crippen LogP) is 2.16. The first-order valence-corrected chi connectivity index (χ1v) is 6.94. The van der Waals surface area contributed by atoms with Crippen molar-refractivity contribution in [1.29, 1.82) is 0 Å². The Morgan fingerprint density at radius 2 is 2.10 bits per heavy atom. The van der Waals surface area contributed by atoms with Gasteiger partial charge >= 0.3 is 0 Å². The van der Waals surface area contributed by atoms with Crippen LogP contribution >= 0.6 is 11.3 Å². The summed E-state index contributed by atoms with van der Waals surface area (Å²) in [6, 6.07) is 7.21. The van der Waals surface area contributed by atoms with Crippen molar-refractivity contribution in [3.63, 3.8) is 0 Å². The van der Waals surface area contributed by atoms with Crippen molar-refractivity contribution in [2.75, 3.05) is 13.7 Å². The Morgan fingerprint density at radius 3 is 2.75 bits per heavy atom. The van der Waals surface area contributed by atoms with Gasteiger partial charge in [-0.2, -0.15) is 0 Å². The number of carbonyl (C=O) groups is 1. The normalized spacial score (nSPS) is 10.1. The molecule has 0 unspecified atom stereocenters. The van der Waals surface area contributed by atoms with Gasteiger partial charge in [0.05, 0.1) is 13.7 Å². The van der Waals surface area contributed by atoms with E-state index in [1.165, 1.54) is 0 Å². The fourth-order valence-electron chi connectivity index (χ4n) is 1.59. The summed E-state index contributed by atoms with van der Waals surface area (Å²) in [7, 11) is 1.56. The summed E-state index contributed by atoms with van der Waals surface area (Å²) in [4.78, 5) is 17.0. The lowest BCUT2D eigenvalue weighted by Gasteiger charge is -2.09. The monoisotopic (exact) mass is 292 g/mol. The van der Waals surface area contributed by atoms with Crippen LogP contribution < -0.4 is 14.8 Å². The number of amides is 1. The summed E-state index contributed by atoms with van der Waals surface area (Å²) < 4.78 is 10.6. The maximum absolute atomic E-state index is 11.7. The van der Waals surface area contributed by atoms with Gasteiger partial charge in [0.15, 0.2) is 18.1 Å². The Labute approximate surface area is 121 Å². The maximum Gasteiger partial charge on any atom is 0.258 e. The van der Waals surface area contributed by atoms with Crippen molar-refractivity contribution >= 4 is 17.2 Å². The molecule has 5 nitrogen and oxygen atoms in total. The van der Waals surface area contributed by atoms with Gasteiger partial charge in [0.2, 0.25) is 0 Å². The first kappa shape index (κ1) is 14.3. The summed E-state index contributed by atoms with van der Waals surface area (Å²) in [5.41, 5.74) is 0. The summed E-state index contributed by atoms with van der Waals surface area (Å²) in [5, 5.41) is 3.65. The third-order valence-corrected chi connectivity index (χ3v) is 3.45. The third-order valence-electron chi connectivity index (χ3n) is 2.53. The van der Waals surface area contributed by atoms with Crippen molar-refractivity contribution in [2.24, 2.45) is 0 Å². The smallest absolute Gasteiger partial charge is 0.258 e. The molecule has 0 atom stereocenters. The molecule has 1 aromatic heterocycles. The summed E-state index contributed by atoms with van der Waals surface area (Å²) >= 11 is 1.56. The topological polar surface area (TPSA) is 60.5 Å². The second-order valence-corrected chi connectivity index (χ2v) is 5.40. The van der Waals surface area contributed by atoms with E-state index in [-0.39, 0.29) is 12.5 Å². The van der Waals surface area contributed by atoms with E-state index in [0.717, 1.165) is 9.88 Å². The van der Waals surface area contributed by atoms with Crippen molar-refractivity contribution in [2.45, 2.75) is 13.5 Å². The van der Waals surface area contributed by atoms with Crippen LogP contribution in [0.2, 0.25) is 0 Å². The fraction of sp³-hybridized carbons (Fsp3) is 0.286. The molecule has 0 aliphatic heterocycles. The number of aromatic nitrogens is 1. The molecule has 1 amide bonds. The molecule has 106 valence electrons. The Hall–Kier alpha value is -2.08. The van der Waals surface area contributed by atoms with E-state index in [2.05, 4.69) is 10.3 Å². The first-order chi connectivity index (χ1) is 9.69. The lowest BCUT2D eigenvalue weighted by molar-refractivity contribution is -0.123. The molecule has 0 saturated heterocycles. The van der Waals surface area contributed by atoms with Crippen LogP contribution in [0, 0.1) is 6.92 Å². The molecule has 6 heteroatoms. The predicted molar refractivity (Wildman–Crippen MR) is 77.2 cm³/mol. The van der Waals surface area contributed by atoms with Gasteiger partial charge in [-0.3, -0.25) is 4.79 Å². The van der Waals surface area contributed by atoms with Gasteiger partial charge in [-0.15, -0.1) is 11.3 Å². The molecular formula is C14H16N2O3S. The maximum atomic E-state index is 11.7. The Bertz CT molecular complexity index is 583. The lowest BCUT2D eigenvalue weighted by Crippen LogP contribution is -2.28. The largest absolute Gasteiger partial charge is 0.493 e. The number of para-hydroxylation sites is 2. The number of hydrogen-bond donors (Lipinski definition) is 1. The lowest BCUT2D eigenvalue weighted by atomic mass is 10.3. The molecule has 2 aromatic rings. The molecule has 1 N–H and O–H groups in total. The third kappa shape index (κ3) is 3.96. The highest BCUT2D eigenvalue weighted by molar-refractivity contribution is 7.11. The molecular weight excluding hydrogens is 276 g/mol. The fourth-order valence-corrected chi connectivity index (χ4v) is 2.32. The van der Waals surface area contributed by atoms with Crippen molar-refractivity contribution in [3.8, 4) is 11.5 Å². The number of nitrogens with one attached hydrogen (secondary N) is 1. The summed E-state index contributed by atoms with van der Waals surface area (Å²) in [5.74, 6) is 0.967. The molecule has 0 spiro atoms. The number of ether oxygens (including phenoxy) is 2. The van der Waals surface area contributed by atoms with Crippen molar-refractivity contribution in [3.05, 3.63) is 40.3 Å². The Kier molecular flexibility index (Phi) is 4.95. The van der Waals surface area contributed by atoms with Crippen LogP contribution in [0.25, 0.3) is 0 Å². The second-order valence-electron chi connectivity index (χ2n) is 4.08. The molecule has 1 heterocycles. The number of nitrogens with zero attached hydrogens (tertiary/aromatic N) is 1. The minimum Gasteiger partial charge on any atom is -0.493 e. The van der Waals surface area contributed by atoms with Crippen LogP contribution in [0.15, 0.2) is 30.5 Å². The minimum atomic E-state index is -0.191. The first-order valence-electron chi connectivity index (χ1n) is 6.13. The van der Waals surface area contributed by atoms with Crippen LogP contribution in [0.1, 0.15) is 9.88 Å². The van der Waals surface area contributed by atoms with E-state index < -0.39 is 0 Å². The summed E-state index contributed by atoms with van der Waals surface area (Å²) in [6.45, 7) is 2.35. The molecule has 20 heavy (non-hydrogen) atoms. The standard InChI is InChI=1S/C14H16N2O3S/c1-10-7-16-14(20-10)8-15-13(17)9-19-12-6-4-3-5-11(12)18-2/h3-7H,8-9H2,1-2H3,(H,15,17). The van der Waals surface area contributed by atoms with Crippen molar-refractivity contribution < 1.29 is 14.3 Å². The molecule has 0 bridgehead atoms. The van der Waals surface area contributed by atoms with Gasteiger partial charge in [-0.1, -0.05) is 12.1 Å². The van der Waals surface area contributed by atoms with Crippen LogP contribution in [0.5, 0.6) is 11.5 Å². The van der Waals surface area contributed by atoms with E-state index in [0.29, 0.717) is 18.0 Å². The number of carbonyl (C=O) groups excluding carboxylic acids is 1. The number of benzene rings is 1. The van der Waals surface area contributed by atoms with E-state index in [1.807, 2.05) is 19.1 Å². The molecule has 0 fully saturated rings. The van der Waals surface area contributed by atoms with E-state index in [1.54, 1.807) is 36.8 Å². The molecule has 0 aliphatic rings. The molecule has 2 rings (SSSR count). The van der Waals surface area contributed by atoms with Gasteiger partial charge in [0.25, 0.3) is 5.91 Å². The zero-order valence-electron chi connectivity index (χ0n) is 11.4. The highest BCUT2D eigenvalue weighted by Crippen LogP contribution is 2.25. The number of hydrogen-bond acceptors (Lipinski definition) is 5. The van der Waals surface area contributed by atoms with Crippen LogP contribution in [0.4, 0.5) is 0 Å². The van der Waals surface area contributed by atoms with Crippen LogP contribution in [-0.4, -0.2) is 24.6 Å². The Morgan fingerprint density at radius 1 is 1.35 bits per heavy atom. The number of thiazole rings is 1. The second kappa shape index (κ2) is 6.91. The van der Waals surface area contributed by atoms with E-state index in [4.69, 9.17) is 9.47 Å². The van der Waals surface area contributed by atoms with E-state index >= 15 is 0 Å². The van der Waals surface area contributed by atoms with Crippen molar-refractivity contribution in [1.82, 2.24) is 10.3 Å². The Balaban J connectivity index is 1.80. The highest BCUT2D eigenvalue weighted by Gasteiger charge is 2.07. The van der Waals surface area contributed by atoms with Gasteiger partial charge < -0.3 is 14.8 Å². The van der Waals surface area contributed by atoms with E-state index in [9.17, 15) is 4.79 Å².